The van der Waals surface area contributed by atoms with Gasteiger partial charge in [0.05, 0.1) is 25.9 Å². The molecule has 0 fully saturated rings. The average Bonchev–Trinajstić information content (AvgIpc) is 2.47. The van der Waals surface area contributed by atoms with Gasteiger partial charge in [-0.3, -0.25) is 4.79 Å². The van der Waals surface area contributed by atoms with Crippen LogP contribution >= 0.6 is 0 Å². The lowest BCUT2D eigenvalue weighted by molar-refractivity contribution is -0.126. The zero-order valence-electron chi connectivity index (χ0n) is 11.0. The van der Waals surface area contributed by atoms with Crippen LogP contribution in [-0.4, -0.2) is 57.7 Å². The Bertz CT molecular complexity index is 423. The van der Waals surface area contributed by atoms with Gasteiger partial charge in [0.15, 0.2) is 0 Å². The van der Waals surface area contributed by atoms with Crippen LogP contribution in [0.2, 0.25) is 0 Å². The summed E-state index contributed by atoms with van der Waals surface area (Å²) in [5, 5.41) is 38.9. The van der Waals surface area contributed by atoms with Gasteiger partial charge in [-0.2, -0.15) is 0 Å². The quantitative estimate of drug-likeness (QED) is 0.346. The highest BCUT2D eigenvalue weighted by molar-refractivity contribution is 5.82. The molecule has 20 heavy (non-hydrogen) atoms. The number of hydrogen-bond acceptors (Lipinski definition) is 6. The summed E-state index contributed by atoms with van der Waals surface area (Å²) in [6, 6.07) is 5.35. The van der Waals surface area contributed by atoms with Gasteiger partial charge in [0.2, 0.25) is 5.91 Å². The molecule has 1 amide bonds. The Morgan fingerprint density at radius 3 is 2.10 bits per heavy atom. The van der Waals surface area contributed by atoms with Crippen LogP contribution in [0.3, 0.4) is 0 Å². The van der Waals surface area contributed by atoms with E-state index in [9.17, 15) is 4.79 Å². The molecular formula is C13H20N2O5. The number of rotatable bonds is 7. The van der Waals surface area contributed by atoms with E-state index in [1.54, 1.807) is 12.1 Å². The molecule has 112 valence electrons. The van der Waals surface area contributed by atoms with Gasteiger partial charge in [-0.1, -0.05) is 12.1 Å². The first kappa shape index (κ1) is 16.4. The Morgan fingerprint density at radius 2 is 1.65 bits per heavy atom. The van der Waals surface area contributed by atoms with E-state index in [2.05, 4.69) is 5.32 Å². The van der Waals surface area contributed by atoms with Gasteiger partial charge in [0, 0.05) is 0 Å². The number of carbonyl (C=O) groups excluding carboxylic acids is 1. The number of nitrogens with two attached hydrogens (primary N) is 1. The summed E-state index contributed by atoms with van der Waals surface area (Å²) in [6.07, 6.45) is 0.227. The zero-order valence-corrected chi connectivity index (χ0v) is 11.0. The SMILES string of the molecule is N[C@H](Cc1ccc(O)cc1)C(=O)NC(CO)(CO)CO. The Morgan fingerprint density at radius 1 is 1.15 bits per heavy atom. The highest BCUT2D eigenvalue weighted by Gasteiger charge is 2.31. The van der Waals surface area contributed by atoms with Crippen LogP contribution < -0.4 is 11.1 Å². The van der Waals surface area contributed by atoms with Crippen molar-refractivity contribution in [2.24, 2.45) is 5.73 Å². The summed E-state index contributed by atoms with van der Waals surface area (Å²) in [6.45, 7) is -1.80. The van der Waals surface area contributed by atoms with Crippen LogP contribution in [0, 0.1) is 0 Å². The largest absolute Gasteiger partial charge is 0.508 e. The average molecular weight is 284 g/mol. The molecule has 0 aromatic heterocycles. The number of carbonyl (C=O) groups is 1. The Kier molecular flexibility index (Phi) is 5.90. The molecule has 7 nitrogen and oxygen atoms in total. The molecule has 0 aliphatic rings. The normalized spacial score (nSPS) is 13.0. The van der Waals surface area contributed by atoms with Crippen LogP contribution in [0.1, 0.15) is 5.56 Å². The first-order valence-electron chi connectivity index (χ1n) is 6.14. The maximum absolute atomic E-state index is 11.9. The van der Waals surface area contributed by atoms with Gasteiger partial charge in [0.25, 0.3) is 0 Å². The molecule has 0 spiro atoms. The maximum Gasteiger partial charge on any atom is 0.237 e. The molecule has 0 radical (unpaired) electrons. The lowest BCUT2D eigenvalue weighted by Gasteiger charge is -2.30. The third-order valence-corrected chi connectivity index (χ3v) is 3.03. The zero-order chi connectivity index (χ0) is 15.2. The molecule has 0 saturated carbocycles. The summed E-state index contributed by atoms with van der Waals surface area (Å²) in [5.41, 5.74) is 5.01. The van der Waals surface area contributed by atoms with E-state index in [0.29, 0.717) is 0 Å². The fourth-order valence-corrected chi connectivity index (χ4v) is 1.60. The minimum absolute atomic E-state index is 0.117. The third-order valence-electron chi connectivity index (χ3n) is 3.03. The van der Waals surface area contributed by atoms with E-state index >= 15 is 0 Å². The molecule has 1 rings (SSSR count). The smallest absolute Gasteiger partial charge is 0.237 e. The minimum Gasteiger partial charge on any atom is -0.508 e. The number of aliphatic hydroxyl groups excluding tert-OH is 3. The van der Waals surface area contributed by atoms with Crippen LogP contribution in [-0.2, 0) is 11.2 Å². The first-order chi connectivity index (χ1) is 9.46. The number of amides is 1. The van der Waals surface area contributed by atoms with Crippen molar-refractivity contribution < 1.29 is 25.2 Å². The highest BCUT2D eigenvalue weighted by atomic mass is 16.3. The van der Waals surface area contributed by atoms with Gasteiger partial charge in [0.1, 0.15) is 11.3 Å². The summed E-state index contributed by atoms with van der Waals surface area (Å²) in [5.74, 6) is -0.471. The third kappa shape index (κ3) is 4.17. The van der Waals surface area contributed by atoms with Gasteiger partial charge < -0.3 is 31.5 Å². The van der Waals surface area contributed by atoms with Crippen LogP contribution in [0.25, 0.3) is 0 Å². The van der Waals surface area contributed by atoms with E-state index in [4.69, 9.17) is 26.2 Å². The molecule has 0 heterocycles. The van der Waals surface area contributed by atoms with E-state index in [1.807, 2.05) is 0 Å². The predicted octanol–water partition coefficient (Wildman–Crippen LogP) is -1.91. The summed E-state index contributed by atoms with van der Waals surface area (Å²) < 4.78 is 0. The lowest BCUT2D eigenvalue weighted by Crippen LogP contribution is -2.60. The van der Waals surface area contributed by atoms with E-state index in [1.165, 1.54) is 12.1 Å². The second kappa shape index (κ2) is 7.20. The van der Waals surface area contributed by atoms with E-state index in [-0.39, 0.29) is 12.2 Å². The number of phenols is 1. The fraction of sp³-hybridized carbons (Fsp3) is 0.462. The van der Waals surface area contributed by atoms with Crippen molar-refractivity contribution in [2.45, 2.75) is 18.0 Å². The summed E-state index contributed by atoms with van der Waals surface area (Å²) >= 11 is 0. The number of phenolic OH excluding ortho intramolecular Hbond substituents is 1. The van der Waals surface area contributed by atoms with Crippen molar-refractivity contribution in [1.29, 1.82) is 0 Å². The minimum atomic E-state index is -1.48. The molecule has 7 N–H and O–H groups in total. The highest BCUT2D eigenvalue weighted by Crippen LogP contribution is 2.11. The Hall–Kier alpha value is -1.67. The topological polar surface area (TPSA) is 136 Å². The first-order valence-corrected chi connectivity index (χ1v) is 6.14. The molecule has 0 unspecified atom stereocenters. The lowest BCUT2D eigenvalue weighted by atomic mass is 10.0. The molecule has 0 saturated heterocycles. The second-order valence-corrected chi connectivity index (χ2v) is 4.72. The molecule has 1 aromatic rings. The van der Waals surface area contributed by atoms with E-state index < -0.39 is 37.3 Å². The van der Waals surface area contributed by atoms with Gasteiger partial charge >= 0.3 is 0 Å². The molecule has 0 bridgehead atoms. The van der Waals surface area contributed by atoms with Crippen molar-refractivity contribution in [2.75, 3.05) is 19.8 Å². The molecule has 7 heteroatoms. The van der Waals surface area contributed by atoms with E-state index in [0.717, 1.165) is 5.56 Å². The number of aromatic hydroxyl groups is 1. The fourth-order valence-electron chi connectivity index (χ4n) is 1.60. The van der Waals surface area contributed by atoms with Crippen molar-refractivity contribution in [3.63, 3.8) is 0 Å². The van der Waals surface area contributed by atoms with Crippen LogP contribution in [0.5, 0.6) is 5.75 Å². The van der Waals surface area contributed by atoms with Gasteiger partial charge in [-0.05, 0) is 24.1 Å². The van der Waals surface area contributed by atoms with Crippen molar-refractivity contribution in [3.05, 3.63) is 29.8 Å². The van der Waals surface area contributed by atoms with Crippen molar-refractivity contribution >= 4 is 5.91 Å². The van der Waals surface area contributed by atoms with Crippen molar-refractivity contribution in [3.8, 4) is 5.75 Å². The number of nitrogens with one attached hydrogen (secondary N) is 1. The molecule has 0 aliphatic carbocycles. The Labute approximate surface area is 116 Å². The van der Waals surface area contributed by atoms with Crippen molar-refractivity contribution in [1.82, 2.24) is 5.32 Å². The molecule has 1 atom stereocenters. The number of aliphatic hydroxyl groups is 3. The number of benzene rings is 1. The maximum atomic E-state index is 11.9. The molecule has 0 aliphatic heterocycles. The molecular weight excluding hydrogens is 264 g/mol. The predicted molar refractivity (Wildman–Crippen MR) is 71.9 cm³/mol. The summed E-state index contributed by atoms with van der Waals surface area (Å²) in [4.78, 5) is 11.9. The van der Waals surface area contributed by atoms with Gasteiger partial charge in [-0.25, -0.2) is 0 Å². The number of hydrogen-bond donors (Lipinski definition) is 6. The second-order valence-electron chi connectivity index (χ2n) is 4.72. The summed E-state index contributed by atoms with van der Waals surface area (Å²) in [7, 11) is 0. The standard InChI is InChI=1S/C13H20N2O5/c14-11(5-9-1-3-10(19)4-2-9)12(20)15-13(6-16,7-17)8-18/h1-4,11,16-19H,5-8,14H2,(H,15,20)/t11-/m1/s1. The Balaban J connectivity index is 2.65. The monoisotopic (exact) mass is 284 g/mol. The van der Waals surface area contributed by atoms with Gasteiger partial charge in [-0.15, -0.1) is 0 Å². The van der Waals surface area contributed by atoms with Crippen LogP contribution in [0.4, 0.5) is 0 Å². The molecule has 1 aromatic carbocycles. The van der Waals surface area contributed by atoms with Crippen LogP contribution in [0.15, 0.2) is 24.3 Å².